The topological polar surface area (TPSA) is 89.8 Å². The molecule has 5 nitrogen and oxygen atoms in total. The molecule has 100 valence electrons. The predicted octanol–water partition coefficient (Wildman–Crippen LogP) is 0.353. The van der Waals surface area contributed by atoms with Crippen LogP contribution in [0.1, 0.15) is 39.0 Å². The van der Waals surface area contributed by atoms with Crippen LogP contribution in [0.5, 0.6) is 0 Å². The lowest BCUT2D eigenvalue weighted by Crippen LogP contribution is -2.53. The summed E-state index contributed by atoms with van der Waals surface area (Å²) in [6.45, 7) is 2.41. The summed E-state index contributed by atoms with van der Waals surface area (Å²) in [6.07, 6.45) is 2.83. The highest BCUT2D eigenvalue weighted by Crippen LogP contribution is 2.31. The molecule has 0 spiro atoms. The van der Waals surface area contributed by atoms with Crippen molar-refractivity contribution in [3.63, 3.8) is 0 Å². The van der Waals surface area contributed by atoms with Crippen molar-refractivity contribution in [1.29, 1.82) is 0 Å². The molecule has 1 saturated carbocycles. The van der Waals surface area contributed by atoms with Gasteiger partial charge in [0.2, 0.25) is 0 Å². The van der Waals surface area contributed by atoms with Gasteiger partial charge in [0, 0.05) is 12.1 Å². The van der Waals surface area contributed by atoms with Gasteiger partial charge in [-0.3, -0.25) is 4.79 Å². The van der Waals surface area contributed by atoms with Crippen LogP contribution in [0.25, 0.3) is 0 Å². The standard InChI is InChI=1S/C12H23NO4/c1-9-3-2-4-12(6-9,8-14)13-7-10(15)5-11(16)17/h9-10,13-15H,2-8H2,1H3,(H,16,17). The molecule has 1 fully saturated rings. The second-order valence-electron chi connectivity index (χ2n) is 5.27. The van der Waals surface area contributed by atoms with Crippen LogP contribution in [0.3, 0.4) is 0 Å². The summed E-state index contributed by atoms with van der Waals surface area (Å²) in [5, 5.41) is 30.7. The molecule has 4 N–H and O–H groups in total. The quantitative estimate of drug-likeness (QED) is 0.542. The molecule has 0 amide bonds. The zero-order valence-electron chi connectivity index (χ0n) is 10.4. The Hall–Kier alpha value is -0.650. The molecule has 0 aromatic heterocycles. The zero-order valence-corrected chi connectivity index (χ0v) is 10.4. The van der Waals surface area contributed by atoms with E-state index in [4.69, 9.17) is 5.11 Å². The monoisotopic (exact) mass is 245 g/mol. The Labute approximate surface area is 102 Å². The first kappa shape index (κ1) is 14.4. The predicted molar refractivity (Wildman–Crippen MR) is 63.7 cm³/mol. The molecule has 0 bridgehead atoms. The van der Waals surface area contributed by atoms with Crippen molar-refractivity contribution in [2.45, 2.75) is 50.7 Å². The summed E-state index contributed by atoms with van der Waals surface area (Å²) in [7, 11) is 0. The fourth-order valence-corrected chi connectivity index (χ4v) is 2.63. The molecule has 0 aromatic carbocycles. The number of aliphatic hydroxyl groups excluding tert-OH is 2. The molecular formula is C12H23NO4. The Morgan fingerprint density at radius 1 is 1.59 bits per heavy atom. The maximum Gasteiger partial charge on any atom is 0.306 e. The van der Waals surface area contributed by atoms with Gasteiger partial charge in [0.25, 0.3) is 0 Å². The lowest BCUT2D eigenvalue weighted by Gasteiger charge is -2.40. The van der Waals surface area contributed by atoms with Crippen LogP contribution in [0, 0.1) is 5.92 Å². The summed E-state index contributed by atoms with van der Waals surface area (Å²) in [6, 6.07) is 0. The van der Waals surface area contributed by atoms with E-state index in [1.54, 1.807) is 0 Å². The van der Waals surface area contributed by atoms with E-state index in [9.17, 15) is 15.0 Å². The van der Waals surface area contributed by atoms with Crippen LogP contribution in [0.15, 0.2) is 0 Å². The van der Waals surface area contributed by atoms with Gasteiger partial charge in [-0.1, -0.05) is 19.8 Å². The van der Waals surface area contributed by atoms with E-state index in [-0.39, 0.29) is 25.1 Å². The molecule has 0 radical (unpaired) electrons. The lowest BCUT2D eigenvalue weighted by molar-refractivity contribution is -0.139. The normalized spacial score (nSPS) is 31.1. The maximum atomic E-state index is 10.4. The Morgan fingerprint density at radius 2 is 2.29 bits per heavy atom. The van der Waals surface area contributed by atoms with Gasteiger partial charge in [0.1, 0.15) is 0 Å². The van der Waals surface area contributed by atoms with Gasteiger partial charge >= 0.3 is 5.97 Å². The third-order valence-electron chi connectivity index (χ3n) is 3.52. The van der Waals surface area contributed by atoms with E-state index in [1.807, 2.05) is 0 Å². The van der Waals surface area contributed by atoms with E-state index in [1.165, 1.54) is 6.42 Å². The number of carbonyl (C=O) groups is 1. The van der Waals surface area contributed by atoms with Crippen LogP contribution in [0.4, 0.5) is 0 Å². The number of rotatable bonds is 6. The molecule has 3 atom stereocenters. The van der Waals surface area contributed by atoms with Crippen LogP contribution in [-0.4, -0.2) is 46.1 Å². The van der Waals surface area contributed by atoms with Crippen molar-refractivity contribution in [2.75, 3.05) is 13.2 Å². The van der Waals surface area contributed by atoms with Gasteiger partial charge < -0.3 is 20.6 Å². The van der Waals surface area contributed by atoms with Crippen LogP contribution >= 0.6 is 0 Å². The molecule has 1 rings (SSSR count). The first-order valence-electron chi connectivity index (χ1n) is 6.23. The molecule has 3 unspecified atom stereocenters. The molecule has 5 heteroatoms. The van der Waals surface area contributed by atoms with Crippen molar-refractivity contribution < 1.29 is 20.1 Å². The minimum atomic E-state index is -1.01. The van der Waals surface area contributed by atoms with Gasteiger partial charge in [-0.15, -0.1) is 0 Å². The van der Waals surface area contributed by atoms with E-state index in [2.05, 4.69) is 12.2 Å². The maximum absolute atomic E-state index is 10.4. The summed E-state index contributed by atoms with van der Waals surface area (Å²) >= 11 is 0. The first-order chi connectivity index (χ1) is 7.97. The number of aliphatic hydroxyl groups is 2. The van der Waals surface area contributed by atoms with Crippen molar-refractivity contribution in [1.82, 2.24) is 5.32 Å². The summed E-state index contributed by atoms with van der Waals surface area (Å²) in [4.78, 5) is 10.4. The van der Waals surface area contributed by atoms with Crippen molar-refractivity contribution in [3.05, 3.63) is 0 Å². The highest BCUT2D eigenvalue weighted by atomic mass is 16.4. The number of nitrogens with one attached hydrogen (secondary N) is 1. The molecule has 0 aliphatic heterocycles. The van der Waals surface area contributed by atoms with Gasteiger partial charge in [0.15, 0.2) is 0 Å². The van der Waals surface area contributed by atoms with Gasteiger partial charge in [-0.05, 0) is 18.8 Å². The smallest absolute Gasteiger partial charge is 0.306 e. The minimum Gasteiger partial charge on any atom is -0.481 e. The fraction of sp³-hybridized carbons (Fsp3) is 0.917. The Kier molecular flexibility index (Phi) is 5.36. The Morgan fingerprint density at radius 3 is 2.82 bits per heavy atom. The summed E-state index contributed by atoms with van der Waals surface area (Å²) in [5.41, 5.74) is -0.336. The molecule has 0 aromatic rings. The van der Waals surface area contributed by atoms with E-state index < -0.39 is 12.1 Å². The van der Waals surface area contributed by atoms with Crippen molar-refractivity contribution in [2.24, 2.45) is 5.92 Å². The summed E-state index contributed by atoms with van der Waals surface area (Å²) in [5.74, 6) is -0.450. The molecule has 1 aliphatic rings. The number of β-amino-alcohol motifs (C(OH)–C–C–N with tert-alkyl or cyclic N) is 1. The second kappa shape index (κ2) is 6.33. The number of carboxylic acid groups (broad SMARTS) is 1. The molecule has 0 saturated heterocycles. The summed E-state index contributed by atoms with van der Waals surface area (Å²) < 4.78 is 0. The average Bonchev–Trinajstić information content (AvgIpc) is 2.26. The minimum absolute atomic E-state index is 0.0388. The SMILES string of the molecule is CC1CCCC(CO)(NCC(O)CC(=O)O)C1. The van der Waals surface area contributed by atoms with E-state index >= 15 is 0 Å². The lowest BCUT2D eigenvalue weighted by atomic mass is 9.77. The van der Waals surface area contributed by atoms with Gasteiger partial charge in [0.05, 0.1) is 19.1 Å². The molecule has 0 heterocycles. The largest absolute Gasteiger partial charge is 0.481 e. The molecule has 1 aliphatic carbocycles. The Bertz CT molecular complexity index is 259. The van der Waals surface area contributed by atoms with Crippen LogP contribution < -0.4 is 5.32 Å². The third-order valence-corrected chi connectivity index (χ3v) is 3.52. The number of hydrogen-bond donors (Lipinski definition) is 4. The van der Waals surface area contributed by atoms with Crippen LogP contribution in [-0.2, 0) is 4.79 Å². The fourth-order valence-electron chi connectivity index (χ4n) is 2.63. The zero-order chi connectivity index (χ0) is 12.9. The average molecular weight is 245 g/mol. The third kappa shape index (κ3) is 4.61. The first-order valence-corrected chi connectivity index (χ1v) is 6.23. The number of hydrogen-bond acceptors (Lipinski definition) is 4. The van der Waals surface area contributed by atoms with E-state index in [0.29, 0.717) is 5.92 Å². The number of aliphatic carboxylic acids is 1. The van der Waals surface area contributed by atoms with Gasteiger partial charge in [-0.2, -0.15) is 0 Å². The van der Waals surface area contributed by atoms with Gasteiger partial charge in [-0.25, -0.2) is 0 Å². The van der Waals surface area contributed by atoms with Crippen LogP contribution in [0.2, 0.25) is 0 Å². The highest BCUT2D eigenvalue weighted by molar-refractivity contribution is 5.67. The van der Waals surface area contributed by atoms with Crippen molar-refractivity contribution >= 4 is 5.97 Å². The number of carboxylic acids is 1. The molecule has 17 heavy (non-hydrogen) atoms. The molecular weight excluding hydrogens is 222 g/mol. The van der Waals surface area contributed by atoms with E-state index in [0.717, 1.165) is 19.3 Å². The Balaban J connectivity index is 2.43. The highest BCUT2D eigenvalue weighted by Gasteiger charge is 2.34. The second-order valence-corrected chi connectivity index (χ2v) is 5.27. The van der Waals surface area contributed by atoms with Crippen molar-refractivity contribution in [3.8, 4) is 0 Å².